The molecule has 3 aliphatic carbocycles. The van der Waals surface area contributed by atoms with E-state index in [9.17, 15) is 19.2 Å². The quantitative estimate of drug-likeness (QED) is 0.146. The Morgan fingerprint density at radius 3 is 2.08 bits per heavy atom. The van der Waals surface area contributed by atoms with Crippen LogP contribution in [0.3, 0.4) is 0 Å². The highest BCUT2D eigenvalue weighted by Crippen LogP contribution is 2.56. The number of fused-ring (bicyclic) bond motifs is 6. The number of ether oxygens (including phenoxy) is 2. The van der Waals surface area contributed by atoms with Crippen LogP contribution in [0.1, 0.15) is 94.8 Å². The summed E-state index contributed by atoms with van der Waals surface area (Å²) in [5.41, 5.74) is 4.67. The maximum absolute atomic E-state index is 16.7. The SMILES string of the molecule is COC(=O)N[C@H](C(=O)N1C(c2nc3ccc(-c4ccc5c(c4)C(F)(F)c4cc(C6=NC([C@@H]7CC8(CC8)CN7C(=O)[C@H](NC(=O)OC)C(C)C)=NC6)ccc4-5)cc3[nH]2)[C@H]2CC[C@@H]1C2)C(C)C. The van der Waals surface area contributed by atoms with E-state index in [1.807, 2.05) is 62.9 Å². The molecule has 4 heterocycles. The maximum atomic E-state index is 16.7. The first-order chi connectivity index (χ1) is 31.1. The molecule has 1 spiro atoms. The lowest BCUT2D eigenvalue weighted by molar-refractivity contribution is -0.139. The number of aromatic nitrogens is 2. The summed E-state index contributed by atoms with van der Waals surface area (Å²) in [6.45, 7) is 8.28. The predicted molar refractivity (Wildman–Crippen MR) is 240 cm³/mol. The number of rotatable bonds is 10. The van der Waals surface area contributed by atoms with Gasteiger partial charge in [0.1, 0.15) is 23.7 Å². The minimum Gasteiger partial charge on any atom is -0.453 e. The first kappa shape index (κ1) is 42.7. The molecule has 2 bridgehead atoms. The molecule has 6 atom stereocenters. The highest BCUT2D eigenvalue weighted by molar-refractivity contribution is 6.14. The summed E-state index contributed by atoms with van der Waals surface area (Å²) in [6, 6.07) is 13.8. The Morgan fingerprint density at radius 2 is 1.43 bits per heavy atom. The van der Waals surface area contributed by atoms with Crippen LogP contribution >= 0.6 is 0 Å². The van der Waals surface area contributed by atoms with Gasteiger partial charge in [-0.1, -0.05) is 58.0 Å². The fourth-order valence-corrected chi connectivity index (χ4v) is 11.1. The molecule has 340 valence electrons. The summed E-state index contributed by atoms with van der Waals surface area (Å²) >= 11 is 0. The van der Waals surface area contributed by atoms with E-state index in [2.05, 4.69) is 15.6 Å². The first-order valence-electron chi connectivity index (χ1n) is 22.7. The largest absolute Gasteiger partial charge is 0.453 e. The minimum absolute atomic E-state index is 0.00406. The van der Waals surface area contributed by atoms with Crippen LogP contribution in [-0.2, 0) is 25.0 Å². The van der Waals surface area contributed by atoms with Crippen molar-refractivity contribution in [1.29, 1.82) is 0 Å². The van der Waals surface area contributed by atoms with Crippen LogP contribution in [0.5, 0.6) is 0 Å². The number of amides is 4. The van der Waals surface area contributed by atoms with Crippen molar-refractivity contribution in [3.8, 4) is 22.3 Å². The second-order valence-corrected chi connectivity index (χ2v) is 19.5. The number of aliphatic imine (C=N–C) groups is 2. The van der Waals surface area contributed by atoms with Crippen molar-refractivity contribution in [2.75, 3.05) is 27.3 Å². The lowest BCUT2D eigenvalue weighted by Crippen LogP contribution is -2.54. The van der Waals surface area contributed by atoms with Crippen LogP contribution in [0.25, 0.3) is 33.3 Å². The fraction of sp³-hybridized carbons (Fsp3) is 0.490. The lowest BCUT2D eigenvalue weighted by Gasteiger charge is -2.37. The molecule has 4 fully saturated rings. The summed E-state index contributed by atoms with van der Waals surface area (Å²) in [4.78, 5) is 74.2. The molecule has 16 heteroatoms. The van der Waals surface area contributed by atoms with Gasteiger partial charge in [0.05, 0.1) is 49.6 Å². The second-order valence-electron chi connectivity index (χ2n) is 19.5. The number of alkyl carbamates (subject to hydrolysis) is 2. The number of amidine groups is 1. The average molecular weight is 889 g/mol. The van der Waals surface area contributed by atoms with Crippen LogP contribution in [-0.4, -0.2) is 107 Å². The summed E-state index contributed by atoms with van der Waals surface area (Å²) in [6.07, 6.45) is 4.09. The number of nitrogens with zero attached hydrogens (tertiary/aromatic N) is 5. The van der Waals surface area contributed by atoms with Crippen LogP contribution in [0, 0.1) is 23.2 Å². The fourth-order valence-electron chi connectivity index (χ4n) is 11.1. The monoisotopic (exact) mass is 888 g/mol. The van der Waals surface area contributed by atoms with E-state index in [-0.39, 0.29) is 70.8 Å². The highest BCUT2D eigenvalue weighted by Gasteiger charge is 2.56. The molecule has 2 saturated carbocycles. The number of carbonyl (C=O) groups is 4. The summed E-state index contributed by atoms with van der Waals surface area (Å²) in [5.74, 6) is -2.61. The molecular formula is C49H54F2N8O6. The third-order valence-corrected chi connectivity index (χ3v) is 14.8. The van der Waals surface area contributed by atoms with E-state index >= 15 is 8.78 Å². The van der Waals surface area contributed by atoms with E-state index in [1.54, 1.807) is 23.1 Å². The minimum atomic E-state index is -3.29. The summed E-state index contributed by atoms with van der Waals surface area (Å²) in [7, 11) is 2.54. The zero-order valence-corrected chi connectivity index (χ0v) is 37.4. The van der Waals surface area contributed by atoms with Crippen LogP contribution < -0.4 is 10.6 Å². The van der Waals surface area contributed by atoms with Gasteiger partial charge in [-0.05, 0) is 114 Å². The average Bonchev–Trinajstić information content (AvgIpc) is 3.95. The highest BCUT2D eigenvalue weighted by atomic mass is 19.3. The number of piperidine rings is 1. The number of aromatic amines is 1. The zero-order chi connectivity index (χ0) is 45.7. The van der Waals surface area contributed by atoms with Crippen molar-refractivity contribution in [3.63, 3.8) is 0 Å². The van der Waals surface area contributed by atoms with E-state index < -0.39 is 30.2 Å². The van der Waals surface area contributed by atoms with Crippen LogP contribution in [0.2, 0.25) is 0 Å². The number of imidazole rings is 1. The van der Waals surface area contributed by atoms with Crippen molar-refractivity contribution < 1.29 is 37.4 Å². The van der Waals surface area contributed by atoms with Gasteiger partial charge < -0.3 is 34.9 Å². The van der Waals surface area contributed by atoms with Gasteiger partial charge in [0, 0.05) is 23.7 Å². The number of hydrogen-bond donors (Lipinski definition) is 3. The predicted octanol–water partition coefficient (Wildman–Crippen LogP) is 7.75. The normalized spacial score (nSPS) is 24.0. The Bertz CT molecular complexity index is 2710. The number of methoxy groups -OCH3 is 2. The van der Waals surface area contributed by atoms with E-state index in [4.69, 9.17) is 24.4 Å². The van der Waals surface area contributed by atoms with Gasteiger partial charge in [0.2, 0.25) is 11.8 Å². The molecule has 6 aliphatic rings. The summed E-state index contributed by atoms with van der Waals surface area (Å²) < 4.78 is 43.0. The van der Waals surface area contributed by atoms with Gasteiger partial charge in [-0.3, -0.25) is 14.6 Å². The molecule has 14 nitrogen and oxygen atoms in total. The molecule has 0 radical (unpaired) electrons. The number of carbonyl (C=O) groups excluding carboxylic acids is 4. The molecule has 4 aromatic rings. The third-order valence-electron chi connectivity index (χ3n) is 14.8. The maximum Gasteiger partial charge on any atom is 0.407 e. The molecule has 10 rings (SSSR count). The number of H-pyrrole nitrogens is 1. The molecule has 1 unspecified atom stereocenters. The van der Waals surface area contributed by atoms with Crippen LogP contribution in [0.15, 0.2) is 64.6 Å². The zero-order valence-electron chi connectivity index (χ0n) is 37.4. The smallest absolute Gasteiger partial charge is 0.407 e. The number of alkyl halides is 2. The molecule has 3 aliphatic heterocycles. The van der Waals surface area contributed by atoms with Crippen molar-refractivity contribution >= 4 is 46.6 Å². The number of likely N-dealkylation sites (tertiary alicyclic amines) is 2. The van der Waals surface area contributed by atoms with Gasteiger partial charge in [-0.15, -0.1) is 0 Å². The van der Waals surface area contributed by atoms with Crippen molar-refractivity contribution in [1.82, 2.24) is 30.4 Å². The van der Waals surface area contributed by atoms with Gasteiger partial charge >= 0.3 is 12.2 Å². The van der Waals surface area contributed by atoms with Crippen molar-refractivity contribution in [2.45, 2.75) is 102 Å². The molecule has 65 heavy (non-hydrogen) atoms. The third kappa shape index (κ3) is 7.23. The number of nitrogens with one attached hydrogen (secondary N) is 3. The first-order valence-corrected chi connectivity index (χ1v) is 22.7. The van der Waals surface area contributed by atoms with Crippen molar-refractivity contribution in [2.24, 2.45) is 33.2 Å². The number of hydrogen-bond acceptors (Lipinski definition) is 9. The Morgan fingerprint density at radius 1 is 0.815 bits per heavy atom. The second kappa shape index (κ2) is 15.8. The standard InChI is InChI=1S/C49H54F2N8O6/c1-24(2)39(56-46(62)64-5)44(60)58-23-48(15-16-48)21-38(58)42-52-22-37(55-42)28-9-13-32-31-12-8-26(18-33(31)49(50,51)34(32)19-28)27-10-14-35-36(20-27)54-43(53-35)41-29-7-11-30(17-29)59(41)45(61)40(25(3)4)57-47(63)65-6/h8-10,12-14,18-20,24-25,29-30,38-41H,7,11,15-17,21-23H2,1-6H3,(H,53,54)(H,56,62)(H,57,63)/t29-,30+,38-,39+,40-,41?/m0/s1. The molecular weight excluding hydrogens is 835 g/mol. The van der Waals surface area contributed by atoms with Crippen LogP contribution in [0.4, 0.5) is 18.4 Å². The van der Waals surface area contributed by atoms with E-state index in [1.165, 1.54) is 20.3 Å². The number of halogens is 2. The van der Waals surface area contributed by atoms with Gasteiger partial charge in [-0.25, -0.2) is 19.6 Å². The Labute approximate surface area is 375 Å². The van der Waals surface area contributed by atoms with E-state index in [0.717, 1.165) is 43.2 Å². The Balaban J connectivity index is 0.887. The lowest BCUT2D eigenvalue weighted by atomic mass is 9.95. The van der Waals surface area contributed by atoms with Gasteiger partial charge in [0.25, 0.3) is 5.92 Å². The van der Waals surface area contributed by atoms with Gasteiger partial charge in [0.15, 0.2) is 0 Å². The number of benzene rings is 3. The molecule has 3 N–H and O–H groups in total. The van der Waals surface area contributed by atoms with E-state index in [0.29, 0.717) is 58.1 Å². The molecule has 3 aromatic carbocycles. The topological polar surface area (TPSA) is 171 Å². The summed E-state index contributed by atoms with van der Waals surface area (Å²) in [5, 5.41) is 5.43. The Hall–Kier alpha value is -6.19. The molecule has 1 aromatic heterocycles. The van der Waals surface area contributed by atoms with Crippen molar-refractivity contribution in [3.05, 3.63) is 77.1 Å². The molecule has 4 amide bonds. The molecule has 2 saturated heterocycles. The Kier molecular flexibility index (Phi) is 10.4. The van der Waals surface area contributed by atoms with Gasteiger partial charge in [-0.2, -0.15) is 8.78 Å².